The maximum Gasteiger partial charge on any atom is 0.293 e. The molecule has 89 heavy (non-hydrogen) atoms. The van der Waals surface area contributed by atoms with Crippen molar-refractivity contribution >= 4 is 61.2 Å². The number of piperidine rings is 1. The summed E-state index contributed by atoms with van der Waals surface area (Å²) in [6.07, 6.45) is 11.8. The van der Waals surface area contributed by atoms with E-state index in [0.29, 0.717) is 81.2 Å². The number of nitrogens with zero attached hydrogens (tertiary/aromatic N) is 8. The summed E-state index contributed by atoms with van der Waals surface area (Å²) in [5.74, 6) is 2.46. The normalized spacial score (nSPS) is 25.7. The number of morpholine rings is 1. The molecule has 4 atom stereocenters. The predicted octanol–water partition coefficient (Wildman–Crippen LogP) is 9.28. The van der Waals surface area contributed by atoms with Gasteiger partial charge in [-0.2, -0.15) is 4.98 Å². The molecule has 6 fully saturated rings. The molecule has 2 aliphatic carbocycles. The molecule has 4 saturated heterocycles. The molecule has 1 amide bonds. The van der Waals surface area contributed by atoms with Crippen LogP contribution in [0.3, 0.4) is 0 Å². The smallest absolute Gasteiger partial charge is 0.293 e. The van der Waals surface area contributed by atoms with Crippen LogP contribution in [0.15, 0.2) is 96.2 Å². The summed E-state index contributed by atoms with van der Waals surface area (Å²) < 4.78 is 62.1. The monoisotopic (exact) mass is 1240 g/mol. The number of benzene rings is 3. The number of ether oxygens (including phenoxy) is 5. The maximum atomic E-state index is 14.9. The lowest BCUT2D eigenvalue weighted by Crippen LogP contribution is -2.60. The van der Waals surface area contributed by atoms with Crippen molar-refractivity contribution in [1.29, 1.82) is 0 Å². The van der Waals surface area contributed by atoms with E-state index in [1.807, 2.05) is 37.4 Å². The molecule has 22 nitrogen and oxygen atoms in total. The molecule has 0 unspecified atom stereocenters. The lowest BCUT2D eigenvalue weighted by atomic mass is 9.59. The third kappa shape index (κ3) is 11.9. The number of hydrogen-bond acceptors (Lipinski definition) is 19. The second kappa shape index (κ2) is 24.2. The summed E-state index contributed by atoms with van der Waals surface area (Å²) >= 11 is 0. The number of carbonyl (C=O) groups is 1. The van der Waals surface area contributed by atoms with E-state index in [1.54, 1.807) is 6.07 Å². The van der Waals surface area contributed by atoms with Crippen molar-refractivity contribution in [3.05, 3.63) is 118 Å². The first-order valence-corrected chi connectivity index (χ1v) is 33.5. The van der Waals surface area contributed by atoms with Gasteiger partial charge in [0.25, 0.3) is 21.6 Å². The summed E-state index contributed by atoms with van der Waals surface area (Å²) in [6.45, 7) is 15.1. The number of amides is 1. The number of anilines is 5. The average Bonchev–Trinajstić information content (AvgIpc) is 1.47. The van der Waals surface area contributed by atoms with Crippen LogP contribution in [0.5, 0.6) is 17.4 Å². The van der Waals surface area contributed by atoms with Gasteiger partial charge < -0.3 is 53.8 Å². The minimum Gasteiger partial charge on any atom is -0.493 e. The number of carbonyl (C=O) groups excluding carboxylic acids is 1. The third-order valence-corrected chi connectivity index (χ3v) is 21.6. The Morgan fingerprint density at radius 3 is 2.47 bits per heavy atom. The van der Waals surface area contributed by atoms with Gasteiger partial charge in [-0.25, -0.2) is 18.1 Å². The fraction of sp³-hybridized carbons (Fsp3) is 0.530. The minimum absolute atomic E-state index is 0.0240. The van der Waals surface area contributed by atoms with Crippen LogP contribution in [0.25, 0.3) is 11.0 Å². The lowest BCUT2D eigenvalue weighted by molar-refractivity contribution is -0.384. The molecular formula is C66H81N11O11S. The quantitative estimate of drug-likeness (QED) is 0.0553. The van der Waals surface area contributed by atoms with Gasteiger partial charge in [-0.05, 0) is 138 Å². The van der Waals surface area contributed by atoms with E-state index < -0.39 is 43.1 Å². The van der Waals surface area contributed by atoms with Crippen LogP contribution in [-0.4, -0.2) is 164 Å². The number of nitro groups is 1. The Bertz CT molecular complexity index is 3720. The molecule has 14 rings (SSSR count). The number of rotatable bonds is 15. The molecule has 6 aromatic rings. The van der Waals surface area contributed by atoms with Crippen LogP contribution in [0.4, 0.5) is 34.3 Å². The second-order valence-corrected chi connectivity index (χ2v) is 28.1. The minimum atomic E-state index is -4.66. The number of H-pyrrole nitrogens is 1. The van der Waals surface area contributed by atoms with Crippen LogP contribution in [0, 0.1) is 21.4 Å². The molecule has 3 aromatic carbocycles. The number of nitro benzene ring substituents is 1. The summed E-state index contributed by atoms with van der Waals surface area (Å²) in [4.78, 5) is 51.6. The van der Waals surface area contributed by atoms with Crippen molar-refractivity contribution < 1.29 is 46.9 Å². The highest BCUT2D eigenvalue weighted by molar-refractivity contribution is 7.90. The second-order valence-electron chi connectivity index (χ2n) is 26.4. The summed E-state index contributed by atoms with van der Waals surface area (Å²) in [5.41, 5.74) is 4.30. The number of hydrogen-bond donors (Lipinski definition) is 4. The largest absolute Gasteiger partial charge is 0.493 e. The van der Waals surface area contributed by atoms with Crippen LogP contribution in [0.2, 0.25) is 0 Å². The fourth-order valence-corrected chi connectivity index (χ4v) is 16.4. The van der Waals surface area contributed by atoms with Crippen LogP contribution in [-0.2, 0) is 19.5 Å². The van der Waals surface area contributed by atoms with Crippen molar-refractivity contribution in [2.45, 2.75) is 132 Å². The topological polar surface area (TPSA) is 243 Å². The highest BCUT2D eigenvalue weighted by Crippen LogP contribution is 2.55. The van der Waals surface area contributed by atoms with Gasteiger partial charge in [-0.15, -0.1) is 0 Å². The number of aliphatic hydroxyl groups is 1. The maximum absolute atomic E-state index is 14.9. The Morgan fingerprint density at radius 1 is 0.865 bits per heavy atom. The molecule has 0 radical (unpaired) electrons. The molecule has 4 N–H and O–H groups in total. The highest BCUT2D eigenvalue weighted by atomic mass is 32.2. The van der Waals surface area contributed by atoms with Crippen molar-refractivity contribution in [2.24, 2.45) is 11.3 Å². The Kier molecular flexibility index (Phi) is 16.1. The Labute approximate surface area is 519 Å². The number of para-hydroxylation sites is 1. The molecule has 8 aliphatic rings. The predicted molar refractivity (Wildman–Crippen MR) is 337 cm³/mol. The van der Waals surface area contributed by atoms with Gasteiger partial charge in [0.1, 0.15) is 40.4 Å². The number of sulfonamides is 1. The van der Waals surface area contributed by atoms with Crippen LogP contribution >= 0.6 is 0 Å². The van der Waals surface area contributed by atoms with Crippen molar-refractivity contribution in [3.8, 4) is 17.4 Å². The Balaban J connectivity index is 0.715. The molecule has 3 aromatic heterocycles. The Hall–Kier alpha value is -7.28. The molecule has 472 valence electrons. The Morgan fingerprint density at radius 2 is 1.67 bits per heavy atom. The first kappa shape index (κ1) is 59.3. The zero-order valence-corrected chi connectivity index (χ0v) is 51.8. The van der Waals surface area contributed by atoms with E-state index in [-0.39, 0.29) is 53.4 Å². The number of piperazine rings is 1. The van der Waals surface area contributed by atoms with Gasteiger partial charge in [-0.3, -0.25) is 24.7 Å². The average molecular weight is 1240 g/mol. The number of aromatic amines is 1. The highest BCUT2D eigenvalue weighted by Gasteiger charge is 2.51. The van der Waals surface area contributed by atoms with Crippen LogP contribution in [0.1, 0.15) is 119 Å². The third-order valence-electron chi connectivity index (χ3n) is 20.3. The molecule has 0 bridgehead atoms. The van der Waals surface area contributed by atoms with Crippen molar-refractivity contribution in [2.75, 3.05) is 105 Å². The number of pyridine rings is 2. The first-order valence-electron chi connectivity index (χ1n) is 32.0. The number of nitrogens with one attached hydrogen (secondary N) is 3. The molecule has 9 heterocycles. The van der Waals surface area contributed by atoms with Crippen LogP contribution < -0.4 is 38.9 Å². The standard InChI is InChI=1S/C66H81N11O11S/c1-42(2)87-58-7-5-4-6-48(58)57-40-74(52-16-29-86-59-35-61(69-39-50(52)59)73-26-30-84-31-27-73)24-25-75(57)46-36-66(37-46)19-22-72(23-20-66)45-8-10-49(54(33-45)76-53-15-28-85-41-60(53)88-64-56(76)32-44-14-21-67-62(44)70-64)63(78)71-89(82,83)47-9-11-51(55(34-47)77(80)81)68-38-43-12-17-65(3,79)18-13-43/h4-11,14,21,32-35,39,42-43,46,52-53,57,60,68,79H,12-13,15-20,22-31,36-38,40-41H2,1-3H3,(H,67,70)(H,71,78)/t43?,52-,53-,57+,60-,65?/m0/s1. The zero-order chi connectivity index (χ0) is 61.2. The molecule has 23 heteroatoms. The lowest BCUT2D eigenvalue weighted by Gasteiger charge is -2.58. The summed E-state index contributed by atoms with van der Waals surface area (Å²) in [7, 11) is -4.66. The summed E-state index contributed by atoms with van der Waals surface area (Å²) in [5, 5.41) is 26.9. The van der Waals surface area contributed by atoms with E-state index >= 15 is 0 Å². The van der Waals surface area contributed by atoms with Gasteiger partial charge in [0.2, 0.25) is 5.88 Å². The summed E-state index contributed by atoms with van der Waals surface area (Å²) in [6, 6.07) is 24.3. The van der Waals surface area contributed by atoms with Gasteiger partial charge >= 0.3 is 0 Å². The van der Waals surface area contributed by atoms with Crippen molar-refractivity contribution in [1.82, 2.24) is 29.5 Å². The van der Waals surface area contributed by atoms with E-state index in [2.05, 4.69) is 89.9 Å². The van der Waals surface area contributed by atoms with E-state index in [4.69, 9.17) is 33.7 Å². The van der Waals surface area contributed by atoms with Gasteiger partial charge in [0, 0.05) is 124 Å². The van der Waals surface area contributed by atoms with Gasteiger partial charge in [0.15, 0.2) is 0 Å². The zero-order valence-electron chi connectivity index (χ0n) is 51.0. The SMILES string of the molecule is CC(C)Oc1ccccc1[C@H]1CN([C@H]2CCOc3cc(N4CCOCC4)ncc32)CCN1C1CC2(CCN(c3ccc(C(=O)NS(=O)(=O)c4ccc(NCC5CCC(C)(O)CC5)c([N+](=O)[O-])c4)c(N4c5cc6cc[nH]c6nc5O[C@H]5COCC[C@@H]54)c3)CC2)C1. The molecule has 6 aliphatic heterocycles. The van der Waals surface area contributed by atoms with Gasteiger partial charge in [-0.1, -0.05) is 18.2 Å². The van der Waals surface area contributed by atoms with E-state index in [9.17, 15) is 28.4 Å². The first-order chi connectivity index (χ1) is 43.0. The van der Waals surface area contributed by atoms with E-state index in [1.165, 1.54) is 17.7 Å². The van der Waals surface area contributed by atoms with Gasteiger partial charge in [0.05, 0.1) is 71.3 Å². The number of fused-ring (bicyclic) bond motifs is 4. The van der Waals surface area contributed by atoms with E-state index in [0.717, 1.165) is 131 Å². The number of aromatic nitrogens is 3. The fourth-order valence-electron chi connectivity index (χ4n) is 15.4. The van der Waals surface area contributed by atoms with Crippen molar-refractivity contribution in [3.63, 3.8) is 0 Å². The molecule has 2 saturated carbocycles. The molecular weight excluding hydrogens is 1150 g/mol. The molecule has 1 spiro atoms.